The summed E-state index contributed by atoms with van der Waals surface area (Å²) in [7, 11) is 1.40. The second-order valence-electron chi connectivity index (χ2n) is 7.49. The summed E-state index contributed by atoms with van der Waals surface area (Å²) in [5.41, 5.74) is 5.95. The van der Waals surface area contributed by atoms with E-state index in [9.17, 15) is 14.4 Å². The molecular weight excluding hydrogens is 322 g/mol. The first-order valence-corrected chi connectivity index (χ1v) is 9.26. The van der Waals surface area contributed by atoms with Gasteiger partial charge in [0.15, 0.2) is 0 Å². The summed E-state index contributed by atoms with van der Waals surface area (Å²) in [6.07, 6.45) is 2.70. The molecule has 2 rings (SSSR count). The van der Waals surface area contributed by atoms with Crippen LogP contribution in [0.25, 0.3) is 0 Å². The van der Waals surface area contributed by atoms with Crippen LogP contribution < -0.4 is 5.73 Å². The van der Waals surface area contributed by atoms with Crippen molar-refractivity contribution in [1.29, 1.82) is 0 Å². The molecule has 0 aromatic rings. The van der Waals surface area contributed by atoms with Gasteiger partial charge in [0.2, 0.25) is 11.8 Å². The van der Waals surface area contributed by atoms with Gasteiger partial charge >= 0.3 is 5.97 Å². The second kappa shape index (κ2) is 8.65. The van der Waals surface area contributed by atoms with E-state index >= 15 is 0 Å². The molecular formula is C18H31N3O4. The molecule has 2 heterocycles. The van der Waals surface area contributed by atoms with Crippen LogP contribution in [0.4, 0.5) is 0 Å². The number of likely N-dealkylation sites (tertiary alicyclic amines) is 2. The molecule has 25 heavy (non-hydrogen) atoms. The molecule has 0 aliphatic carbocycles. The van der Waals surface area contributed by atoms with Gasteiger partial charge < -0.3 is 20.3 Å². The van der Waals surface area contributed by atoms with Crippen LogP contribution in [-0.2, 0) is 19.1 Å². The number of piperidine rings is 2. The highest BCUT2D eigenvalue weighted by molar-refractivity contribution is 5.83. The van der Waals surface area contributed by atoms with Gasteiger partial charge in [-0.25, -0.2) is 0 Å². The molecule has 2 N–H and O–H groups in total. The van der Waals surface area contributed by atoms with Crippen LogP contribution in [0.2, 0.25) is 0 Å². The largest absolute Gasteiger partial charge is 0.469 e. The zero-order valence-electron chi connectivity index (χ0n) is 15.6. The Kier molecular flexibility index (Phi) is 6.81. The summed E-state index contributed by atoms with van der Waals surface area (Å²) in [6, 6.07) is -0.468. The Morgan fingerprint density at radius 3 is 1.88 bits per heavy atom. The minimum atomic E-state index is -0.468. The maximum Gasteiger partial charge on any atom is 0.308 e. The van der Waals surface area contributed by atoms with Gasteiger partial charge in [0.1, 0.15) is 0 Å². The van der Waals surface area contributed by atoms with Crippen molar-refractivity contribution >= 4 is 17.8 Å². The number of carbonyl (C=O) groups excluding carboxylic acids is 3. The van der Waals surface area contributed by atoms with Crippen LogP contribution in [0, 0.1) is 17.8 Å². The summed E-state index contributed by atoms with van der Waals surface area (Å²) in [5, 5.41) is 0. The Balaban J connectivity index is 1.80. The van der Waals surface area contributed by atoms with E-state index in [4.69, 9.17) is 10.5 Å². The number of amides is 2. The van der Waals surface area contributed by atoms with E-state index in [2.05, 4.69) is 0 Å². The van der Waals surface area contributed by atoms with Gasteiger partial charge in [0, 0.05) is 32.1 Å². The highest BCUT2D eigenvalue weighted by Crippen LogP contribution is 2.25. The number of hydrogen-bond acceptors (Lipinski definition) is 5. The summed E-state index contributed by atoms with van der Waals surface area (Å²) in [4.78, 5) is 40.2. The Labute approximate surface area is 149 Å². The number of nitrogens with zero attached hydrogens (tertiary/aromatic N) is 2. The van der Waals surface area contributed by atoms with Crippen molar-refractivity contribution < 1.29 is 19.1 Å². The highest BCUT2D eigenvalue weighted by atomic mass is 16.5. The fourth-order valence-corrected chi connectivity index (χ4v) is 3.60. The number of rotatable bonds is 4. The van der Waals surface area contributed by atoms with Gasteiger partial charge in [0.05, 0.1) is 19.1 Å². The normalized spacial score (nSPS) is 21.3. The number of hydrogen-bond donors (Lipinski definition) is 1. The Bertz CT molecular complexity index is 493. The third-order valence-electron chi connectivity index (χ3n) is 5.50. The highest BCUT2D eigenvalue weighted by Gasteiger charge is 2.34. The van der Waals surface area contributed by atoms with Crippen molar-refractivity contribution in [3.05, 3.63) is 0 Å². The first kappa shape index (κ1) is 19.7. The van der Waals surface area contributed by atoms with Crippen LogP contribution in [0.15, 0.2) is 0 Å². The van der Waals surface area contributed by atoms with E-state index in [1.165, 1.54) is 7.11 Å². The number of ether oxygens (including phenoxy) is 1. The minimum Gasteiger partial charge on any atom is -0.469 e. The van der Waals surface area contributed by atoms with Crippen molar-refractivity contribution in [2.24, 2.45) is 23.5 Å². The van der Waals surface area contributed by atoms with Crippen molar-refractivity contribution in [3.8, 4) is 0 Å². The molecule has 7 nitrogen and oxygen atoms in total. The molecule has 0 bridgehead atoms. The Morgan fingerprint density at radius 2 is 1.40 bits per heavy atom. The standard InChI is InChI=1S/C18H31N3O4/c1-12(2)15(19)17(23)21-8-4-13(5-9-21)16(22)20-10-6-14(7-11-20)18(24)25-3/h12-15H,4-11,19H2,1-3H3/t15-/m0/s1. The van der Waals surface area contributed by atoms with Crippen molar-refractivity contribution in [1.82, 2.24) is 9.80 Å². The number of carbonyl (C=O) groups is 3. The average molecular weight is 353 g/mol. The molecule has 2 aliphatic rings. The van der Waals surface area contributed by atoms with Crippen LogP contribution >= 0.6 is 0 Å². The van der Waals surface area contributed by atoms with Gasteiger partial charge in [-0.15, -0.1) is 0 Å². The van der Waals surface area contributed by atoms with E-state index in [-0.39, 0.29) is 35.5 Å². The van der Waals surface area contributed by atoms with Crippen LogP contribution in [0.3, 0.4) is 0 Å². The third kappa shape index (κ3) is 4.71. The molecule has 1 atom stereocenters. The SMILES string of the molecule is COC(=O)C1CCN(C(=O)C2CCN(C(=O)[C@@H](N)C(C)C)CC2)CC1. The fraction of sp³-hybridized carbons (Fsp3) is 0.833. The number of methoxy groups -OCH3 is 1. The van der Waals surface area contributed by atoms with Crippen LogP contribution in [0.5, 0.6) is 0 Å². The molecule has 0 aromatic heterocycles. The molecule has 2 aliphatic heterocycles. The summed E-state index contributed by atoms with van der Waals surface area (Å²) in [6.45, 7) is 6.28. The van der Waals surface area contributed by atoms with Crippen LogP contribution in [0.1, 0.15) is 39.5 Å². The topological polar surface area (TPSA) is 92.9 Å². The predicted molar refractivity (Wildman–Crippen MR) is 93.4 cm³/mol. The molecule has 0 aromatic carbocycles. The lowest BCUT2D eigenvalue weighted by Gasteiger charge is -2.37. The lowest BCUT2D eigenvalue weighted by atomic mass is 9.91. The monoisotopic (exact) mass is 353 g/mol. The molecule has 0 unspecified atom stereocenters. The third-order valence-corrected chi connectivity index (χ3v) is 5.50. The van der Waals surface area contributed by atoms with Crippen molar-refractivity contribution in [2.45, 2.75) is 45.6 Å². The van der Waals surface area contributed by atoms with Crippen LogP contribution in [-0.4, -0.2) is 66.9 Å². The molecule has 0 radical (unpaired) electrons. The minimum absolute atomic E-state index is 0.0141. The molecule has 142 valence electrons. The maximum absolute atomic E-state index is 12.7. The maximum atomic E-state index is 12.7. The predicted octanol–water partition coefficient (Wildman–Crippen LogP) is 0.620. The number of nitrogens with two attached hydrogens (primary N) is 1. The van der Waals surface area contributed by atoms with E-state index < -0.39 is 6.04 Å². The Hall–Kier alpha value is -1.63. The van der Waals surface area contributed by atoms with Crippen molar-refractivity contribution in [3.63, 3.8) is 0 Å². The molecule has 2 fully saturated rings. The first-order chi connectivity index (χ1) is 11.8. The summed E-state index contributed by atoms with van der Waals surface area (Å²) >= 11 is 0. The van der Waals surface area contributed by atoms with E-state index in [1.807, 2.05) is 18.7 Å². The lowest BCUT2D eigenvalue weighted by molar-refractivity contribution is -0.150. The van der Waals surface area contributed by atoms with E-state index in [0.717, 1.165) is 0 Å². The molecule has 7 heteroatoms. The Morgan fingerprint density at radius 1 is 0.920 bits per heavy atom. The molecule has 0 spiro atoms. The van der Waals surface area contributed by atoms with Gasteiger partial charge in [-0.2, -0.15) is 0 Å². The summed E-state index contributed by atoms with van der Waals surface area (Å²) in [5.74, 6) is -0.0493. The smallest absolute Gasteiger partial charge is 0.308 e. The van der Waals surface area contributed by atoms with Gasteiger partial charge in [-0.1, -0.05) is 13.8 Å². The molecule has 2 saturated heterocycles. The van der Waals surface area contributed by atoms with E-state index in [0.29, 0.717) is 51.9 Å². The van der Waals surface area contributed by atoms with Gasteiger partial charge in [-0.3, -0.25) is 14.4 Å². The fourth-order valence-electron chi connectivity index (χ4n) is 3.60. The summed E-state index contributed by atoms with van der Waals surface area (Å²) < 4.78 is 4.78. The quantitative estimate of drug-likeness (QED) is 0.748. The zero-order valence-corrected chi connectivity index (χ0v) is 15.6. The van der Waals surface area contributed by atoms with Crippen molar-refractivity contribution in [2.75, 3.05) is 33.3 Å². The van der Waals surface area contributed by atoms with Gasteiger partial charge in [0.25, 0.3) is 0 Å². The van der Waals surface area contributed by atoms with Gasteiger partial charge in [-0.05, 0) is 31.6 Å². The zero-order chi connectivity index (χ0) is 18.6. The first-order valence-electron chi connectivity index (χ1n) is 9.26. The second-order valence-corrected chi connectivity index (χ2v) is 7.49. The molecule has 2 amide bonds. The molecule has 0 saturated carbocycles. The number of esters is 1. The van der Waals surface area contributed by atoms with E-state index in [1.54, 1.807) is 4.90 Å². The lowest BCUT2D eigenvalue weighted by Crippen LogP contribution is -2.51. The average Bonchev–Trinajstić information content (AvgIpc) is 2.65.